The van der Waals surface area contributed by atoms with Crippen LogP contribution in [0.5, 0.6) is 0 Å². The molecule has 2 aromatic heterocycles. The minimum Gasteiger partial charge on any atom is -0.372 e. The van der Waals surface area contributed by atoms with Gasteiger partial charge in [-0.05, 0) is 25.1 Å². The molecule has 0 radical (unpaired) electrons. The van der Waals surface area contributed by atoms with Crippen LogP contribution >= 0.6 is 0 Å². The first-order valence-corrected chi connectivity index (χ1v) is 6.89. The molecule has 0 aliphatic carbocycles. The second kappa shape index (κ2) is 6.30. The lowest BCUT2D eigenvalue weighted by Gasteiger charge is -2.12. The molecule has 1 amide bonds. The number of aromatic nitrogens is 3. The van der Waals surface area contributed by atoms with E-state index in [9.17, 15) is 9.18 Å². The number of hydrogen-bond donors (Lipinski definition) is 2. The van der Waals surface area contributed by atoms with Crippen molar-refractivity contribution in [3.05, 3.63) is 54.3 Å². The summed E-state index contributed by atoms with van der Waals surface area (Å²) in [7, 11) is 0. The first-order valence-electron chi connectivity index (χ1n) is 6.89. The molecule has 0 aliphatic rings. The summed E-state index contributed by atoms with van der Waals surface area (Å²) in [4.78, 5) is 11.9. The number of rotatable bonds is 5. The second-order valence-electron chi connectivity index (χ2n) is 4.81. The fraction of sp³-hybridized carbons (Fsp3) is 0.133. The minimum absolute atomic E-state index is 0.124. The molecule has 8 heteroatoms. The third-order valence-corrected chi connectivity index (χ3v) is 3.06. The van der Waals surface area contributed by atoms with Crippen molar-refractivity contribution < 1.29 is 13.7 Å². The fourth-order valence-electron chi connectivity index (χ4n) is 2.07. The van der Waals surface area contributed by atoms with Crippen LogP contribution in [0.15, 0.2) is 47.2 Å². The van der Waals surface area contributed by atoms with E-state index >= 15 is 0 Å². The number of halogens is 1. The van der Waals surface area contributed by atoms with Crippen molar-refractivity contribution in [2.75, 3.05) is 17.2 Å². The van der Waals surface area contributed by atoms with E-state index < -0.39 is 5.82 Å². The Hall–Kier alpha value is -3.16. The number of anilines is 2. The molecule has 3 aromatic rings. The fourth-order valence-corrected chi connectivity index (χ4v) is 2.07. The SMILES string of the molecule is Cc1cc(NC(=O)CNc2c(F)cccc2-n2cccn2)no1. The highest BCUT2D eigenvalue weighted by atomic mass is 19.1. The molecule has 23 heavy (non-hydrogen) atoms. The Morgan fingerprint density at radius 2 is 2.26 bits per heavy atom. The normalized spacial score (nSPS) is 10.5. The maximum absolute atomic E-state index is 14.1. The molecule has 0 saturated heterocycles. The highest BCUT2D eigenvalue weighted by Gasteiger charge is 2.12. The van der Waals surface area contributed by atoms with Gasteiger partial charge in [-0.15, -0.1) is 0 Å². The summed E-state index contributed by atoms with van der Waals surface area (Å²) in [5.41, 5.74) is 0.711. The summed E-state index contributed by atoms with van der Waals surface area (Å²) in [6.45, 7) is 1.59. The molecule has 3 rings (SSSR count). The van der Waals surface area contributed by atoms with Gasteiger partial charge >= 0.3 is 0 Å². The van der Waals surface area contributed by atoms with E-state index in [0.29, 0.717) is 17.3 Å². The molecule has 0 bridgehead atoms. The Morgan fingerprint density at radius 1 is 1.39 bits per heavy atom. The highest BCUT2D eigenvalue weighted by Crippen LogP contribution is 2.23. The van der Waals surface area contributed by atoms with Crippen molar-refractivity contribution in [2.45, 2.75) is 6.92 Å². The average molecular weight is 315 g/mol. The van der Waals surface area contributed by atoms with Gasteiger partial charge in [0.1, 0.15) is 11.6 Å². The maximum Gasteiger partial charge on any atom is 0.244 e. The molecule has 0 unspecified atom stereocenters. The summed E-state index contributed by atoms with van der Waals surface area (Å²) in [5.74, 6) is 0.0644. The zero-order chi connectivity index (χ0) is 16.2. The number of benzene rings is 1. The average Bonchev–Trinajstić information content (AvgIpc) is 3.17. The Kier molecular flexibility index (Phi) is 4.05. The van der Waals surface area contributed by atoms with Gasteiger partial charge in [-0.25, -0.2) is 9.07 Å². The first-order chi connectivity index (χ1) is 11.1. The number of amides is 1. The van der Waals surface area contributed by atoms with Crippen molar-refractivity contribution in [1.82, 2.24) is 14.9 Å². The molecule has 2 heterocycles. The minimum atomic E-state index is -0.469. The molecule has 2 N–H and O–H groups in total. The standard InChI is InChI=1S/C15H14FN5O2/c1-10-8-13(20-23-10)19-14(22)9-17-15-11(16)4-2-5-12(15)21-7-3-6-18-21/h2-8,17H,9H2,1H3,(H,19,20,22). The van der Waals surface area contributed by atoms with Gasteiger partial charge in [0, 0.05) is 18.5 Å². The Bertz CT molecular complexity index is 813. The lowest BCUT2D eigenvalue weighted by molar-refractivity contribution is -0.114. The predicted molar refractivity (Wildman–Crippen MR) is 81.9 cm³/mol. The van der Waals surface area contributed by atoms with Crippen molar-refractivity contribution in [1.29, 1.82) is 0 Å². The zero-order valence-electron chi connectivity index (χ0n) is 12.3. The number of nitrogens with zero attached hydrogens (tertiary/aromatic N) is 3. The Labute approximate surface area is 131 Å². The summed E-state index contributed by atoms with van der Waals surface area (Å²) >= 11 is 0. The third kappa shape index (κ3) is 3.37. The molecule has 0 fully saturated rings. The number of aryl methyl sites for hydroxylation is 1. The van der Waals surface area contributed by atoms with Crippen LogP contribution in [0.2, 0.25) is 0 Å². The van der Waals surface area contributed by atoms with Crippen LogP contribution in [0.1, 0.15) is 5.76 Å². The summed E-state index contributed by atoms with van der Waals surface area (Å²) in [5, 5.41) is 13.1. The monoisotopic (exact) mass is 315 g/mol. The quantitative estimate of drug-likeness (QED) is 0.755. The molecule has 1 aromatic carbocycles. The smallest absolute Gasteiger partial charge is 0.244 e. The van der Waals surface area contributed by atoms with Crippen LogP contribution in [0.4, 0.5) is 15.9 Å². The van der Waals surface area contributed by atoms with Crippen molar-refractivity contribution in [3.8, 4) is 5.69 Å². The molecule has 118 valence electrons. The number of carbonyl (C=O) groups excluding carboxylic acids is 1. The van der Waals surface area contributed by atoms with Crippen LogP contribution in [0, 0.1) is 12.7 Å². The molecule has 0 saturated carbocycles. The molecule has 7 nitrogen and oxygen atoms in total. The molecule has 0 aliphatic heterocycles. The molecular weight excluding hydrogens is 301 g/mol. The van der Waals surface area contributed by atoms with Crippen LogP contribution in [0.3, 0.4) is 0 Å². The maximum atomic E-state index is 14.1. The van der Waals surface area contributed by atoms with Gasteiger partial charge in [0.15, 0.2) is 5.82 Å². The second-order valence-corrected chi connectivity index (χ2v) is 4.81. The van der Waals surface area contributed by atoms with Crippen molar-refractivity contribution in [3.63, 3.8) is 0 Å². The van der Waals surface area contributed by atoms with Gasteiger partial charge in [-0.1, -0.05) is 11.2 Å². The lowest BCUT2D eigenvalue weighted by Crippen LogP contribution is -2.23. The van der Waals surface area contributed by atoms with Crippen molar-refractivity contribution >= 4 is 17.4 Å². The van der Waals surface area contributed by atoms with E-state index in [0.717, 1.165) is 0 Å². The molecule has 0 spiro atoms. The lowest BCUT2D eigenvalue weighted by atomic mass is 10.2. The van der Waals surface area contributed by atoms with Gasteiger partial charge in [0.05, 0.1) is 17.9 Å². The van der Waals surface area contributed by atoms with Gasteiger partial charge in [-0.2, -0.15) is 5.10 Å². The van der Waals surface area contributed by atoms with Gasteiger partial charge in [0.25, 0.3) is 0 Å². The number of carbonyl (C=O) groups is 1. The van der Waals surface area contributed by atoms with E-state index in [4.69, 9.17) is 4.52 Å². The topological polar surface area (TPSA) is 85.0 Å². The van der Waals surface area contributed by atoms with E-state index in [1.165, 1.54) is 10.7 Å². The first kappa shape index (κ1) is 14.8. The van der Waals surface area contributed by atoms with E-state index in [1.54, 1.807) is 43.6 Å². The Morgan fingerprint density at radius 3 is 2.96 bits per heavy atom. The number of hydrogen-bond acceptors (Lipinski definition) is 5. The van der Waals surface area contributed by atoms with Gasteiger partial charge < -0.3 is 15.2 Å². The largest absolute Gasteiger partial charge is 0.372 e. The highest BCUT2D eigenvalue weighted by molar-refractivity contribution is 5.93. The number of nitrogens with one attached hydrogen (secondary N) is 2. The summed E-state index contributed by atoms with van der Waals surface area (Å²) < 4.78 is 20.4. The van der Waals surface area contributed by atoms with E-state index in [1.807, 2.05) is 0 Å². The summed E-state index contributed by atoms with van der Waals surface area (Å²) in [6.07, 6.45) is 3.28. The van der Waals surface area contributed by atoms with Crippen LogP contribution < -0.4 is 10.6 Å². The van der Waals surface area contributed by atoms with Crippen LogP contribution in [-0.2, 0) is 4.79 Å². The molecule has 0 atom stereocenters. The predicted octanol–water partition coefficient (Wildman–Crippen LogP) is 2.36. The number of para-hydroxylation sites is 1. The van der Waals surface area contributed by atoms with Gasteiger partial charge in [0.2, 0.25) is 5.91 Å². The molecular formula is C15H14FN5O2. The zero-order valence-corrected chi connectivity index (χ0v) is 12.3. The summed E-state index contributed by atoms with van der Waals surface area (Å²) in [6, 6.07) is 7.92. The van der Waals surface area contributed by atoms with Crippen LogP contribution in [0.25, 0.3) is 5.69 Å². The van der Waals surface area contributed by atoms with Crippen molar-refractivity contribution in [2.24, 2.45) is 0 Å². The third-order valence-electron chi connectivity index (χ3n) is 3.06. The van der Waals surface area contributed by atoms with Gasteiger partial charge in [-0.3, -0.25) is 4.79 Å². The van der Waals surface area contributed by atoms with Crippen LogP contribution in [-0.4, -0.2) is 27.4 Å². The van der Waals surface area contributed by atoms with E-state index in [-0.39, 0.29) is 18.1 Å². The van der Waals surface area contributed by atoms with E-state index in [2.05, 4.69) is 20.9 Å². The Balaban J connectivity index is 1.72.